The van der Waals surface area contributed by atoms with Gasteiger partial charge in [-0.05, 0) is 54.0 Å². The predicted octanol–water partition coefficient (Wildman–Crippen LogP) is 3.01. The van der Waals surface area contributed by atoms with Gasteiger partial charge in [0.2, 0.25) is 11.8 Å². The quantitative estimate of drug-likeness (QED) is 0.812. The zero-order chi connectivity index (χ0) is 19.3. The third-order valence-corrected chi connectivity index (χ3v) is 5.61. The number of ether oxygens (including phenoxy) is 1. The van der Waals surface area contributed by atoms with Crippen LogP contribution in [-0.2, 0) is 40.2 Å². The second-order valence-electron chi connectivity index (χ2n) is 7.59. The number of carbonyl (C=O) groups excluding carboxylic acids is 2. The summed E-state index contributed by atoms with van der Waals surface area (Å²) >= 11 is 0. The van der Waals surface area contributed by atoms with E-state index < -0.39 is 0 Å². The molecule has 0 radical (unpaired) electrons. The van der Waals surface area contributed by atoms with Crippen LogP contribution in [0, 0.1) is 5.92 Å². The fourth-order valence-electron chi connectivity index (χ4n) is 3.96. The highest BCUT2D eigenvalue weighted by atomic mass is 16.5. The monoisotopic (exact) mass is 378 g/mol. The first-order chi connectivity index (χ1) is 13.7. The summed E-state index contributed by atoms with van der Waals surface area (Å²) in [4.78, 5) is 24.4. The van der Waals surface area contributed by atoms with Crippen LogP contribution in [0.3, 0.4) is 0 Å². The molecule has 0 aromatic heterocycles. The molecule has 0 fully saturated rings. The Morgan fingerprint density at radius 3 is 2.96 bits per heavy atom. The molecular formula is C23H26N2O3. The number of hydrogen-bond donors (Lipinski definition) is 2. The summed E-state index contributed by atoms with van der Waals surface area (Å²) in [5.41, 5.74) is 5.91. The number of hydrogen-bond acceptors (Lipinski definition) is 3. The molecule has 0 aliphatic carbocycles. The predicted molar refractivity (Wildman–Crippen MR) is 108 cm³/mol. The van der Waals surface area contributed by atoms with Gasteiger partial charge in [0.25, 0.3) is 0 Å². The molecule has 2 amide bonds. The molecule has 28 heavy (non-hydrogen) atoms. The molecule has 0 saturated heterocycles. The van der Waals surface area contributed by atoms with Gasteiger partial charge in [0.05, 0.1) is 13.2 Å². The molecule has 2 heterocycles. The zero-order valence-corrected chi connectivity index (χ0v) is 16.0. The molecule has 2 aliphatic heterocycles. The first-order valence-corrected chi connectivity index (χ1v) is 10.0. The Bertz CT molecular complexity index is 878. The Morgan fingerprint density at radius 1 is 1.14 bits per heavy atom. The lowest BCUT2D eigenvalue weighted by molar-refractivity contribution is -0.122. The lowest BCUT2D eigenvalue weighted by Gasteiger charge is -2.24. The minimum Gasteiger partial charge on any atom is -0.376 e. The summed E-state index contributed by atoms with van der Waals surface area (Å²) in [6.45, 7) is 2.10. The van der Waals surface area contributed by atoms with E-state index in [1.54, 1.807) is 0 Å². The van der Waals surface area contributed by atoms with Gasteiger partial charge in [0.15, 0.2) is 0 Å². The molecule has 5 nitrogen and oxygen atoms in total. The van der Waals surface area contributed by atoms with Crippen molar-refractivity contribution in [3.63, 3.8) is 0 Å². The van der Waals surface area contributed by atoms with Crippen molar-refractivity contribution >= 4 is 17.5 Å². The molecule has 4 rings (SSSR count). The number of rotatable bonds is 6. The Hall–Kier alpha value is -2.66. The van der Waals surface area contributed by atoms with E-state index in [0.29, 0.717) is 32.4 Å². The van der Waals surface area contributed by atoms with Crippen molar-refractivity contribution in [1.29, 1.82) is 0 Å². The van der Waals surface area contributed by atoms with E-state index in [1.807, 2.05) is 24.3 Å². The lowest BCUT2D eigenvalue weighted by atomic mass is 9.89. The first-order valence-electron chi connectivity index (χ1n) is 10.0. The average molecular weight is 378 g/mol. The van der Waals surface area contributed by atoms with Crippen molar-refractivity contribution in [1.82, 2.24) is 5.32 Å². The average Bonchev–Trinajstić information content (AvgIpc) is 2.72. The maximum absolute atomic E-state index is 12.2. The zero-order valence-electron chi connectivity index (χ0n) is 16.0. The number of anilines is 1. The van der Waals surface area contributed by atoms with Crippen LogP contribution < -0.4 is 10.6 Å². The maximum Gasteiger partial charge on any atom is 0.227 e. The van der Waals surface area contributed by atoms with E-state index >= 15 is 0 Å². The number of para-hydroxylation sites is 1. The van der Waals surface area contributed by atoms with Crippen LogP contribution in [0.25, 0.3) is 0 Å². The summed E-state index contributed by atoms with van der Waals surface area (Å²) < 4.78 is 5.47. The van der Waals surface area contributed by atoms with E-state index in [1.165, 1.54) is 16.7 Å². The molecule has 0 bridgehead atoms. The Kier molecular flexibility index (Phi) is 5.72. The minimum absolute atomic E-state index is 0.0121. The molecule has 5 heteroatoms. The molecular weight excluding hydrogens is 352 g/mol. The van der Waals surface area contributed by atoms with E-state index in [0.717, 1.165) is 30.7 Å². The Balaban J connectivity index is 1.22. The highest BCUT2D eigenvalue weighted by Crippen LogP contribution is 2.27. The number of amides is 2. The standard InChI is InChI=1S/C23H26N2O3/c26-22(8-7-19-14-18-3-1-2-4-21(18)25-23(19)27)24-11-9-16-5-6-20-15-28-12-10-17(20)13-16/h1-6,13,19H,7-12,14-15H2,(H,24,26)(H,25,27). The lowest BCUT2D eigenvalue weighted by Crippen LogP contribution is -2.32. The van der Waals surface area contributed by atoms with Crippen molar-refractivity contribution in [3.05, 3.63) is 64.7 Å². The van der Waals surface area contributed by atoms with Gasteiger partial charge < -0.3 is 15.4 Å². The van der Waals surface area contributed by atoms with Crippen LogP contribution in [0.15, 0.2) is 42.5 Å². The highest BCUT2D eigenvalue weighted by molar-refractivity contribution is 5.96. The van der Waals surface area contributed by atoms with Crippen molar-refractivity contribution in [3.8, 4) is 0 Å². The normalized spacial score (nSPS) is 18.0. The van der Waals surface area contributed by atoms with Crippen molar-refractivity contribution < 1.29 is 14.3 Å². The fourth-order valence-corrected chi connectivity index (χ4v) is 3.96. The van der Waals surface area contributed by atoms with E-state index in [9.17, 15) is 9.59 Å². The molecule has 146 valence electrons. The first kappa shape index (κ1) is 18.7. The number of benzene rings is 2. The van der Waals surface area contributed by atoms with Crippen LogP contribution in [0.2, 0.25) is 0 Å². The van der Waals surface area contributed by atoms with Gasteiger partial charge in [0.1, 0.15) is 0 Å². The van der Waals surface area contributed by atoms with Crippen LogP contribution in [-0.4, -0.2) is 25.0 Å². The van der Waals surface area contributed by atoms with Crippen LogP contribution in [0.4, 0.5) is 5.69 Å². The molecule has 1 atom stereocenters. The van der Waals surface area contributed by atoms with Gasteiger partial charge in [-0.15, -0.1) is 0 Å². The van der Waals surface area contributed by atoms with Crippen LogP contribution >= 0.6 is 0 Å². The topological polar surface area (TPSA) is 67.4 Å². The van der Waals surface area contributed by atoms with Gasteiger partial charge in [-0.3, -0.25) is 9.59 Å². The Morgan fingerprint density at radius 2 is 2.04 bits per heavy atom. The fraction of sp³-hybridized carbons (Fsp3) is 0.391. The van der Waals surface area contributed by atoms with Gasteiger partial charge in [-0.2, -0.15) is 0 Å². The summed E-state index contributed by atoms with van der Waals surface area (Å²) in [5, 5.41) is 5.93. The van der Waals surface area contributed by atoms with Gasteiger partial charge in [-0.25, -0.2) is 0 Å². The number of fused-ring (bicyclic) bond motifs is 2. The van der Waals surface area contributed by atoms with Gasteiger partial charge in [-0.1, -0.05) is 36.4 Å². The van der Waals surface area contributed by atoms with Gasteiger partial charge >= 0.3 is 0 Å². The summed E-state index contributed by atoms with van der Waals surface area (Å²) in [6.07, 6.45) is 3.43. The highest BCUT2D eigenvalue weighted by Gasteiger charge is 2.26. The van der Waals surface area contributed by atoms with Crippen molar-refractivity contribution in [2.45, 2.75) is 38.7 Å². The third kappa shape index (κ3) is 4.42. The van der Waals surface area contributed by atoms with E-state index in [4.69, 9.17) is 4.74 Å². The molecule has 2 aromatic carbocycles. The molecule has 2 N–H and O–H groups in total. The number of nitrogens with one attached hydrogen (secondary N) is 2. The summed E-state index contributed by atoms with van der Waals surface area (Å²) in [6, 6.07) is 14.3. The second kappa shape index (κ2) is 8.57. The largest absolute Gasteiger partial charge is 0.376 e. The maximum atomic E-state index is 12.2. The summed E-state index contributed by atoms with van der Waals surface area (Å²) in [7, 11) is 0. The van der Waals surface area contributed by atoms with Crippen molar-refractivity contribution in [2.75, 3.05) is 18.5 Å². The SMILES string of the molecule is O=C(CCC1Cc2ccccc2NC1=O)NCCc1ccc2c(c1)CCOC2. The van der Waals surface area contributed by atoms with Crippen molar-refractivity contribution in [2.24, 2.45) is 5.92 Å². The number of carbonyl (C=O) groups is 2. The Labute approximate surface area is 165 Å². The molecule has 2 aliphatic rings. The molecule has 1 unspecified atom stereocenters. The smallest absolute Gasteiger partial charge is 0.227 e. The minimum atomic E-state index is -0.136. The molecule has 2 aromatic rings. The van der Waals surface area contributed by atoms with E-state index in [-0.39, 0.29) is 17.7 Å². The van der Waals surface area contributed by atoms with Crippen LogP contribution in [0.1, 0.15) is 35.1 Å². The molecule has 0 spiro atoms. The third-order valence-electron chi connectivity index (χ3n) is 5.61. The van der Waals surface area contributed by atoms with Crippen LogP contribution in [0.5, 0.6) is 0 Å². The van der Waals surface area contributed by atoms with Gasteiger partial charge in [0, 0.05) is 24.6 Å². The summed E-state index contributed by atoms with van der Waals surface area (Å²) in [5.74, 6) is -0.105. The van der Waals surface area contributed by atoms with E-state index in [2.05, 4.69) is 28.8 Å². The second-order valence-corrected chi connectivity index (χ2v) is 7.59. The molecule has 0 saturated carbocycles.